The van der Waals surface area contributed by atoms with E-state index in [4.69, 9.17) is 10.5 Å². The maximum atomic E-state index is 16.1. The number of nitrogens with zero attached hydrogens (tertiary/aromatic N) is 1. The van der Waals surface area contributed by atoms with Crippen LogP contribution in [-0.4, -0.2) is 17.1 Å². The highest BCUT2D eigenvalue weighted by atomic mass is 32.2. The van der Waals surface area contributed by atoms with E-state index in [1.165, 1.54) is 11.8 Å². The van der Waals surface area contributed by atoms with Gasteiger partial charge in [0, 0.05) is 6.54 Å². The molecule has 3 aromatic carbocycles. The SMILES string of the molecule is CCOC(=O)c1c2n(c3c(F)c(-c4ccc(CN)cc4)c(F)cc3c1=O)C(c1ccccc1)S2. The van der Waals surface area contributed by atoms with Gasteiger partial charge in [-0.2, -0.15) is 0 Å². The van der Waals surface area contributed by atoms with Crippen LogP contribution in [0.25, 0.3) is 22.0 Å². The van der Waals surface area contributed by atoms with E-state index in [1.54, 1.807) is 35.8 Å². The number of esters is 1. The normalized spacial score (nSPS) is 14.5. The quantitative estimate of drug-likeness (QED) is 0.398. The number of nitrogens with two attached hydrogens (primary N) is 1. The predicted molar refractivity (Wildman–Crippen MR) is 128 cm³/mol. The van der Waals surface area contributed by atoms with Crippen molar-refractivity contribution in [3.63, 3.8) is 0 Å². The van der Waals surface area contributed by atoms with Crippen molar-refractivity contribution in [2.24, 2.45) is 5.73 Å². The summed E-state index contributed by atoms with van der Waals surface area (Å²) in [7, 11) is 0. The molecular weight excluding hydrogens is 458 g/mol. The zero-order valence-corrected chi connectivity index (χ0v) is 19.0. The van der Waals surface area contributed by atoms with E-state index in [1.807, 2.05) is 30.3 Å². The number of aromatic nitrogens is 1. The lowest BCUT2D eigenvalue weighted by molar-refractivity contribution is 0.0518. The van der Waals surface area contributed by atoms with Gasteiger partial charge in [0.2, 0.25) is 5.43 Å². The van der Waals surface area contributed by atoms with Gasteiger partial charge in [-0.05, 0) is 29.7 Å². The molecule has 1 aliphatic heterocycles. The van der Waals surface area contributed by atoms with Crippen molar-refractivity contribution in [2.45, 2.75) is 23.9 Å². The third-order valence-electron chi connectivity index (χ3n) is 5.84. The summed E-state index contributed by atoms with van der Waals surface area (Å²) in [5.41, 5.74) is 6.42. The van der Waals surface area contributed by atoms with E-state index in [-0.39, 0.29) is 34.0 Å². The van der Waals surface area contributed by atoms with E-state index in [0.717, 1.165) is 17.2 Å². The lowest BCUT2D eigenvalue weighted by atomic mass is 9.99. The number of rotatable bonds is 5. The first-order valence-corrected chi connectivity index (χ1v) is 11.6. The van der Waals surface area contributed by atoms with Gasteiger partial charge in [-0.1, -0.05) is 66.4 Å². The average molecular weight is 479 g/mol. The molecule has 1 atom stereocenters. The predicted octanol–water partition coefficient (Wildman–Crippen LogP) is 5.23. The molecule has 0 amide bonds. The van der Waals surface area contributed by atoms with Crippen LogP contribution < -0.4 is 11.2 Å². The van der Waals surface area contributed by atoms with Crippen molar-refractivity contribution >= 4 is 28.6 Å². The van der Waals surface area contributed by atoms with Gasteiger partial charge in [0.15, 0.2) is 5.82 Å². The highest BCUT2D eigenvalue weighted by Gasteiger charge is 2.38. The molecule has 4 aromatic rings. The van der Waals surface area contributed by atoms with Gasteiger partial charge in [0.05, 0.1) is 28.1 Å². The number of thioether (sulfide) groups is 1. The maximum absolute atomic E-state index is 16.1. The van der Waals surface area contributed by atoms with E-state index in [9.17, 15) is 9.59 Å². The minimum absolute atomic E-state index is 0.0417. The largest absolute Gasteiger partial charge is 0.462 e. The molecule has 5 rings (SSSR count). The molecule has 8 heteroatoms. The Bertz CT molecular complexity index is 1480. The second-order valence-electron chi connectivity index (χ2n) is 7.83. The monoisotopic (exact) mass is 478 g/mol. The number of ether oxygens (including phenoxy) is 1. The molecule has 0 bridgehead atoms. The number of fused-ring (bicyclic) bond motifs is 3. The van der Waals surface area contributed by atoms with Crippen molar-refractivity contribution in [1.82, 2.24) is 4.57 Å². The standard InChI is InChI=1S/C26H20F2N2O3S/c1-2-33-26(32)20-23(31)17-12-18(27)19(15-10-8-14(13-29)9-11-15)21(28)22(17)30-24(34-25(20)30)16-6-4-3-5-7-16/h3-12,24H,2,13,29H2,1H3. The second kappa shape index (κ2) is 8.70. The van der Waals surface area contributed by atoms with Crippen LogP contribution in [0.1, 0.15) is 33.8 Å². The summed E-state index contributed by atoms with van der Waals surface area (Å²) < 4.78 is 38.0. The Balaban J connectivity index is 1.83. The Morgan fingerprint density at radius 2 is 1.82 bits per heavy atom. The highest BCUT2D eigenvalue weighted by molar-refractivity contribution is 8.00. The van der Waals surface area contributed by atoms with Gasteiger partial charge in [-0.15, -0.1) is 0 Å². The van der Waals surface area contributed by atoms with Crippen molar-refractivity contribution in [3.05, 3.63) is 99.2 Å². The van der Waals surface area contributed by atoms with Crippen LogP contribution in [0, 0.1) is 11.6 Å². The van der Waals surface area contributed by atoms with Crippen LogP contribution in [0.15, 0.2) is 70.5 Å². The molecule has 172 valence electrons. The number of benzene rings is 3. The van der Waals surface area contributed by atoms with Crippen LogP contribution in [0.2, 0.25) is 0 Å². The Morgan fingerprint density at radius 3 is 2.47 bits per heavy atom. The lowest BCUT2D eigenvalue weighted by Crippen LogP contribution is -2.31. The molecule has 2 N–H and O–H groups in total. The molecule has 0 aliphatic carbocycles. The minimum Gasteiger partial charge on any atom is -0.462 e. The summed E-state index contributed by atoms with van der Waals surface area (Å²) in [5.74, 6) is -2.55. The van der Waals surface area contributed by atoms with Crippen LogP contribution in [0.4, 0.5) is 8.78 Å². The molecule has 0 saturated heterocycles. The molecule has 0 saturated carbocycles. The molecule has 0 fully saturated rings. The molecule has 34 heavy (non-hydrogen) atoms. The lowest BCUT2D eigenvalue weighted by Gasteiger charge is -2.36. The molecular formula is C26H20F2N2O3S. The van der Waals surface area contributed by atoms with Crippen molar-refractivity contribution in [3.8, 4) is 11.1 Å². The van der Waals surface area contributed by atoms with Gasteiger partial charge in [0.1, 0.15) is 16.8 Å². The third kappa shape index (κ3) is 3.41. The Morgan fingerprint density at radius 1 is 1.12 bits per heavy atom. The topological polar surface area (TPSA) is 74.3 Å². The van der Waals surface area contributed by atoms with Gasteiger partial charge >= 0.3 is 5.97 Å². The van der Waals surface area contributed by atoms with Crippen LogP contribution >= 0.6 is 11.8 Å². The smallest absolute Gasteiger partial charge is 0.344 e. The van der Waals surface area contributed by atoms with Crippen LogP contribution in [0.3, 0.4) is 0 Å². The highest BCUT2D eigenvalue weighted by Crippen LogP contribution is 2.51. The molecule has 1 aromatic heterocycles. The number of hydrogen-bond acceptors (Lipinski definition) is 5. The number of hydrogen-bond donors (Lipinski definition) is 1. The number of halogens is 2. The summed E-state index contributed by atoms with van der Waals surface area (Å²) in [5, 5.41) is -0.287. The van der Waals surface area contributed by atoms with Crippen molar-refractivity contribution in [2.75, 3.05) is 6.61 Å². The Hall–Kier alpha value is -3.49. The summed E-state index contributed by atoms with van der Waals surface area (Å²) in [6.45, 7) is 2.01. The number of carbonyl (C=O) groups is 1. The maximum Gasteiger partial charge on any atom is 0.344 e. The first-order chi connectivity index (χ1) is 16.5. The number of pyridine rings is 1. The van der Waals surface area contributed by atoms with Crippen LogP contribution in [-0.2, 0) is 11.3 Å². The Kier molecular flexibility index (Phi) is 5.71. The minimum atomic E-state index is -0.888. The van der Waals surface area contributed by atoms with Gasteiger partial charge < -0.3 is 15.0 Å². The summed E-state index contributed by atoms with van der Waals surface area (Å²) in [4.78, 5) is 25.9. The first-order valence-electron chi connectivity index (χ1n) is 10.7. The van der Waals surface area contributed by atoms with E-state index < -0.39 is 23.0 Å². The molecule has 1 aliphatic rings. The second-order valence-corrected chi connectivity index (χ2v) is 8.89. The fraction of sp³-hybridized carbons (Fsp3) is 0.154. The first kappa shape index (κ1) is 22.3. The van der Waals surface area contributed by atoms with Gasteiger partial charge in [-0.3, -0.25) is 4.79 Å². The van der Waals surface area contributed by atoms with E-state index >= 15 is 8.78 Å². The van der Waals surface area contributed by atoms with Gasteiger partial charge in [0.25, 0.3) is 0 Å². The third-order valence-corrected chi connectivity index (χ3v) is 7.17. The van der Waals surface area contributed by atoms with Crippen molar-refractivity contribution < 1.29 is 18.3 Å². The summed E-state index contributed by atoms with van der Waals surface area (Å²) in [6, 6.07) is 16.9. The zero-order valence-electron chi connectivity index (χ0n) is 18.2. The zero-order chi connectivity index (χ0) is 24.0. The molecule has 5 nitrogen and oxygen atoms in total. The Labute approximate surface area is 198 Å². The summed E-state index contributed by atoms with van der Waals surface area (Å²) in [6.07, 6.45) is 0. The molecule has 2 heterocycles. The van der Waals surface area contributed by atoms with Crippen LogP contribution in [0.5, 0.6) is 0 Å². The molecule has 0 radical (unpaired) electrons. The average Bonchev–Trinajstić information content (AvgIpc) is 2.83. The number of carbonyl (C=O) groups excluding carboxylic acids is 1. The summed E-state index contributed by atoms with van der Waals surface area (Å²) >= 11 is 1.27. The van der Waals surface area contributed by atoms with Gasteiger partial charge in [-0.25, -0.2) is 13.6 Å². The van der Waals surface area contributed by atoms with E-state index in [2.05, 4.69) is 0 Å². The fourth-order valence-corrected chi connectivity index (χ4v) is 5.47. The van der Waals surface area contributed by atoms with Crippen molar-refractivity contribution in [1.29, 1.82) is 0 Å². The fourth-order valence-electron chi connectivity index (χ4n) is 4.21. The molecule has 1 unspecified atom stereocenters. The van der Waals surface area contributed by atoms with E-state index in [0.29, 0.717) is 17.1 Å². The molecule has 0 spiro atoms.